The highest BCUT2D eigenvalue weighted by atomic mass is 35.5. The Morgan fingerprint density at radius 2 is 0.699 bits per heavy atom. The van der Waals surface area contributed by atoms with Crippen molar-refractivity contribution in [1.29, 1.82) is 0 Å². The molecule has 8 aliphatic rings. The number of aliphatic carboxylic acids is 1. The molecule has 12 heterocycles. The number of rotatable bonds is 16. The number of fused-ring (bicyclic) bond motifs is 4. The minimum atomic E-state index is -0.915. The summed E-state index contributed by atoms with van der Waals surface area (Å²) >= 11 is 5.88. The fourth-order valence-electron chi connectivity index (χ4n) is 16.7. The third-order valence-electron chi connectivity index (χ3n) is 23.3. The Morgan fingerprint density at radius 3 is 1.03 bits per heavy atom. The first-order valence-corrected chi connectivity index (χ1v) is 42.0. The molecule has 4 atom stereocenters. The molecule has 123 heavy (non-hydrogen) atoms. The monoisotopic (exact) mass is 1710 g/mol. The number of nitrogen functional groups attached to an aromatic ring is 1. The smallest absolute Gasteiger partial charge is 0.410 e. The van der Waals surface area contributed by atoms with Gasteiger partial charge in [-0.1, -0.05) is 49.4 Å². The number of halogens is 1. The number of nitrogens with two attached hydrogens (primary N) is 1. The highest BCUT2D eigenvalue weighted by Gasteiger charge is 2.44. The van der Waals surface area contributed by atoms with E-state index in [1.165, 1.54) is 0 Å². The molecule has 0 spiro atoms. The molecule has 37 heteroatoms. The SMILES string of the molecule is C.CC(C)(C)OC(=O)N1CCC(N2CC(C(=O)Cc3ccc4n[nH]nc4c3)CC2=O)CC1.CC(C)(C)OC(=O)N1CCC(N2CC(C(=O)O)CC2=O)CC1.Nc1ccc2n[nH]nc2c1.O=C(Cc1ccc2n[nH]nc2c1)C1CC(=O)N(C2CCN(C(=O)OCc3ccc(Cl)cc3)CC2)C1.O=C(Cc1ccc2n[nH]nc2c1)C1CC(=O)N(C2CCNCC2)C1. The standard InChI is InChI=1S/C25H26ClN5O4.C22H29N5O4.C17H21N5O2.C15H24N2O5.C6H6N4.CH4/c26-19-4-1-16(2-5-19)15-35-25(34)30-9-7-20(8-10-30)31-14-18(13-24(31)33)23(32)12-17-3-6-21-22(11-17)28-29-27-21;1-22(2,3)31-21(30)26-8-6-16(7-9-26)27-13-15(12-20(27)29)19(28)11-14-4-5-17-18(10-14)24-25-23-17;23-16(8-11-1-2-14-15(7-11)20-21-19-14)12-9-17(24)22(10-12)13-3-5-18-6-4-13;1-15(2,3)22-14(21)16-6-4-11(5-7-16)17-9-10(13(19)20)8-12(17)18;7-4-1-2-5-6(3-4)9-10-8-5;/h1-6,11,18,20H,7-10,12-15H2,(H,27,28,29);4-5,10,15-16H,6-9,11-13H2,1-3H3,(H,23,24,25);1-2,7,12-13,18H,3-6,8-10H2,(H,19,20,21);10-11H,4-9H2,1-3H3,(H,19,20);1-3H,7H2,(H,8,9,10);1H4. The van der Waals surface area contributed by atoms with Gasteiger partial charge in [0.25, 0.3) is 0 Å². The van der Waals surface area contributed by atoms with Gasteiger partial charge >= 0.3 is 24.2 Å². The van der Waals surface area contributed by atoms with Gasteiger partial charge in [0.05, 0.1) is 5.92 Å². The zero-order valence-electron chi connectivity index (χ0n) is 69.5. The Balaban J connectivity index is 0.000000145. The number of H-pyrrole nitrogens is 4. The average molecular weight is 1710 g/mol. The third-order valence-corrected chi connectivity index (χ3v) is 23.5. The number of piperidine rings is 4. The summed E-state index contributed by atoms with van der Waals surface area (Å²) in [5.74, 6) is -1.93. The molecule has 4 unspecified atom stereocenters. The first-order chi connectivity index (χ1) is 58.4. The van der Waals surface area contributed by atoms with Crippen LogP contribution in [0.25, 0.3) is 44.1 Å². The number of hydrogen-bond acceptors (Lipinski definition) is 24. The largest absolute Gasteiger partial charge is 0.481 e. The minimum absolute atomic E-state index is 0. The number of nitrogens with one attached hydrogen (secondary N) is 5. The van der Waals surface area contributed by atoms with Gasteiger partial charge in [-0.15, -0.1) is 0 Å². The second kappa shape index (κ2) is 40.3. The van der Waals surface area contributed by atoms with Crippen molar-refractivity contribution in [2.75, 3.05) is 84.3 Å². The summed E-state index contributed by atoms with van der Waals surface area (Å²) in [6, 6.07) is 29.8. The number of anilines is 1. The van der Waals surface area contributed by atoms with E-state index in [9.17, 15) is 52.7 Å². The molecule has 17 rings (SSSR count). The van der Waals surface area contributed by atoms with Crippen LogP contribution in [-0.2, 0) is 78.4 Å². The number of aromatic amines is 4. The van der Waals surface area contributed by atoms with Gasteiger partial charge in [-0.05, 0) is 195 Å². The van der Waals surface area contributed by atoms with Crippen molar-refractivity contribution in [3.05, 3.63) is 124 Å². The fraction of sp³-hybridized carbons (Fsp3) is 0.523. The van der Waals surface area contributed by atoms with Crippen LogP contribution in [0.1, 0.15) is 148 Å². The van der Waals surface area contributed by atoms with Crippen molar-refractivity contribution in [2.45, 2.75) is 187 Å². The lowest BCUT2D eigenvalue weighted by molar-refractivity contribution is -0.141. The first-order valence-electron chi connectivity index (χ1n) is 41.7. The molecule has 5 aromatic carbocycles. The number of ketones is 3. The van der Waals surface area contributed by atoms with E-state index in [-0.39, 0.29) is 148 Å². The molecule has 8 aliphatic heterocycles. The number of carboxylic acids is 1. The van der Waals surface area contributed by atoms with Crippen LogP contribution in [0.4, 0.5) is 20.1 Å². The molecule has 0 radical (unpaired) electrons. The van der Waals surface area contributed by atoms with Crippen LogP contribution in [0.3, 0.4) is 0 Å². The molecule has 8 N–H and O–H groups in total. The van der Waals surface area contributed by atoms with Crippen molar-refractivity contribution >= 4 is 127 Å². The van der Waals surface area contributed by atoms with E-state index >= 15 is 0 Å². The van der Waals surface area contributed by atoms with Crippen LogP contribution in [0.5, 0.6) is 0 Å². The van der Waals surface area contributed by atoms with Gasteiger partial charge in [-0.3, -0.25) is 38.4 Å². The van der Waals surface area contributed by atoms with Gasteiger partial charge in [0.2, 0.25) is 23.6 Å². The van der Waals surface area contributed by atoms with Crippen molar-refractivity contribution in [1.82, 2.24) is 101 Å². The first kappa shape index (κ1) is 90.2. The van der Waals surface area contributed by atoms with Crippen molar-refractivity contribution in [3.63, 3.8) is 0 Å². The summed E-state index contributed by atoms with van der Waals surface area (Å²) in [4.78, 5) is 148. The molecular weight excluding hydrogens is 1600 g/mol. The Bertz CT molecular complexity index is 5240. The average Bonchev–Trinajstić information content (AvgIpc) is 1.26. The molecule has 9 aromatic rings. The third kappa shape index (κ3) is 24.0. The molecule has 8 saturated heterocycles. The van der Waals surface area contributed by atoms with Gasteiger partial charge in [0.15, 0.2) is 0 Å². The summed E-state index contributed by atoms with van der Waals surface area (Å²) in [6.45, 7) is 18.1. The van der Waals surface area contributed by atoms with E-state index in [4.69, 9.17) is 36.7 Å². The topological polar surface area (TPSA) is 463 Å². The number of carboxylic acid groups (broad SMARTS) is 1. The molecule has 0 aliphatic carbocycles. The van der Waals surface area contributed by atoms with Crippen LogP contribution in [-0.4, -0.2) is 280 Å². The number of benzene rings is 5. The number of carbonyl (C=O) groups excluding carboxylic acids is 10. The number of nitrogens with zero attached hydrogens (tertiary/aromatic N) is 15. The van der Waals surface area contributed by atoms with E-state index in [0.29, 0.717) is 127 Å². The van der Waals surface area contributed by atoms with Crippen LogP contribution in [0.15, 0.2) is 97.1 Å². The van der Waals surface area contributed by atoms with Crippen molar-refractivity contribution < 1.29 is 72.1 Å². The maximum Gasteiger partial charge on any atom is 0.410 e. The Labute approximate surface area is 716 Å². The number of carbonyl (C=O) groups is 11. The van der Waals surface area contributed by atoms with Gasteiger partial charge in [0, 0.05) is 163 Å². The number of aromatic nitrogens is 12. The van der Waals surface area contributed by atoms with Crippen LogP contribution >= 0.6 is 11.6 Å². The molecule has 0 bridgehead atoms. The maximum absolute atomic E-state index is 12.9. The van der Waals surface area contributed by atoms with Gasteiger partial charge in [-0.25, -0.2) is 14.4 Å². The molecule has 8 fully saturated rings. The zero-order valence-corrected chi connectivity index (χ0v) is 70.2. The normalized spacial score (nSPS) is 20.0. The lowest BCUT2D eigenvalue weighted by Gasteiger charge is -2.37. The Hall–Kier alpha value is -12.1. The second-order valence-electron chi connectivity index (χ2n) is 34.3. The number of amides is 7. The quantitative estimate of drug-likeness (QED) is 0.0350. The zero-order chi connectivity index (χ0) is 86.5. The predicted octanol–water partition coefficient (Wildman–Crippen LogP) is 8.86. The lowest BCUT2D eigenvalue weighted by Crippen LogP contribution is -2.48. The summed E-state index contributed by atoms with van der Waals surface area (Å²) in [5.41, 5.74) is 14.9. The number of ether oxygens (including phenoxy) is 3. The van der Waals surface area contributed by atoms with E-state index in [1.54, 1.807) is 43.9 Å². The molecule has 36 nitrogen and oxygen atoms in total. The fourth-order valence-corrected chi connectivity index (χ4v) is 16.8. The van der Waals surface area contributed by atoms with Gasteiger partial charge < -0.3 is 64.7 Å². The van der Waals surface area contributed by atoms with Crippen molar-refractivity contribution in [3.8, 4) is 0 Å². The highest BCUT2D eigenvalue weighted by Crippen LogP contribution is 2.33. The summed E-state index contributed by atoms with van der Waals surface area (Å²) < 4.78 is 16.2. The van der Waals surface area contributed by atoms with Crippen LogP contribution < -0.4 is 11.1 Å². The van der Waals surface area contributed by atoms with E-state index in [1.807, 2.05) is 129 Å². The van der Waals surface area contributed by atoms with Crippen molar-refractivity contribution in [2.24, 2.45) is 23.7 Å². The van der Waals surface area contributed by atoms with Gasteiger partial charge in [0.1, 0.15) is 79.3 Å². The number of Topliss-reactive ketones (excluding diaryl/α,β-unsaturated/α-hetero) is 3. The maximum atomic E-state index is 12.9. The number of likely N-dealkylation sites (tertiary alicyclic amines) is 7. The predicted molar refractivity (Wildman–Crippen MR) is 454 cm³/mol. The van der Waals surface area contributed by atoms with E-state index in [2.05, 4.69) is 67.0 Å². The van der Waals surface area contributed by atoms with E-state index in [0.717, 1.165) is 92.3 Å². The summed E-state index contributed by atoms with van der Waals surface area (Å²) in [7, 11) is 0. The van der Waals surface area contributed by atoms with Crippen LogP contribution in [0.2, 0.25) is 5.02 Å². The highest BCUT2D eigenvalue weighted by molar-refractivity contribution is 6.30. The molecule has 656 valence electrons. The minimum Gasteiger partial charge on any atom is -0.481 e. The summed E-state index contributed by atoms with van der Waals surface area (Å²) in [5, 5.41) is 55.2. The van der Waals surface area contributed by atoms with E-state index < -0.39 is 23.1 Å². The Kier molecular flexibility index (Phi) is 29.5. The molecule has 7 amide bonds. The molecule has 4 aromatic heterocycles. The second-order valence-corrected chi connectivity index (χ2v) is 34.8. The molecular formula is C86H110ClN21O15. The van der Waals surface area contributed by atoms with Crippen LogP contribution in [0, 0.1) is 23.7 Å². The molecule has 0 saturated carbocycles. The summed E-state index contributed by atoms with van der Waals surface area (Å²) in [6.07, 6.45) is 6.89. The number of hydrogen-bond donors (Lipinski definition) is 7. The van der Waals surface area contributed by atoms with Gasteiger partial charge in [-0.2, -0.15) is 61.6 Å². The Morgan fingerprint density at radius 1 is 0.407 bits per heavy atom. The lowest BCUT2D eigenvalue weighted by atomic mass is 9.96.